The first-order chi connectivity index (χ1) is 15.7. The number of carbonyl (C=O) groups excluding carboxylic acids is 1. The lowest BCUT2D eigenvalue weighted by Gasteiger charge is -2.34. The molecule has 0 bridgehead atoms. The molecule has 2 atom stereocenters. The highest BCUT2D eigenvalue weighted by Crippen LogP contribution is 2.35. The maximum absolute atomic E-state index is 13.7. The number of amides is 2. The van der Waals surface area contributed by atoms with E-state index in [4.69, 9.17) is 23.2 Å². The van der Waals surface area contributed by atoms with Crippen molar-refractivity contribution in [2.75, 3.05) is 38.1 Å². The van der Waals surface area contributed by atoms with E-state index in [0.717, 1.165) is 11.4 Å². The van der Waals surface area contributed by atoms with Crippen molar-refractivity contribution in [1.82, 2.24) is 14.8 Å². The van der Waals surface area contributed by atoms with Gasteiger partial charge in [-0.25, -0.2) is 14.2 Å². The number of carbonyl (C=O) groups is 2. The topological polar surface area (TPSA) is 77.0 Å². The van der Waals surface area contributed by atoms with E-state index in [9.17, 15) is 19.1 Å². The fourth-order valence-corrected chi connectivity index (χ4v) is 5.04. The Morgan fingerprint density at radius 2 is 1.88 bits per heavy atom. The van der Waals surface area contributed by atoms with Gasteiger partial charge in [0.05, 0.1) is 16.1 Å². The summed E-state index contributed by atoms with van der Waals surface area (Å²) in [6, 6.07) is 7.64. The molecule has 1 aromatic heterocycles. The number of likely N-dealkylation sites (tertiary alicyclic amines) is 1. The third kappa shape index (κ3) is 5.01. The number of likely N-dealkylation sites (N-methyl/N-ethyl adjacent to an activating group) is 1. The molecule has 7 nitrogen and oxygen atoms in total. The van der Waals surface area contributed by atoms with Crippen LogP contribution in [-0.2, 0) is 4.79 Å². The number of benzene rings is 1. The number of pyridine rings is 1. The molecule has 2 aromatic rings. The first-order valence-electron chi connectivity index (χ1n) is 10.8. The molecule has 1 N–H and O–H groups in total. The van der Waals surface area contributed by atoms with Crippen LogP contribution >= 0.6 is 23.2 Å². The second-order valence-electron chi connectivity index (χ2n) is 8.58. The predicted octanol–water partition coefficient (Wildman–Crippen LogP) is 4.35. The van der Waals surface area contributed by atoms with Gasteiger partial charge in [-0.2, -0.15) is 0 Å². The van der Waals surface area contributed by atoms with Gasteiger partial charge >= 0.3 is 6.09 Å². The van der Waals surface area contributed by atoms with Crippen LogP contribution in [0.25, 0.3) is 0 Å². The summed E-state index contributed by atoms with van der Waals surface area (Å²) in [5.74, 6) is -0.0936. The van der Waals surface area contributed by atoms with E-state index in [1.807, 2.05) is 6.07 Å². The highest BCUT2D eigenvalue weighted by molar-refractivity contribution is 6.31. The second-order valence-corrected chi connectivity index (χ2v) is 9.42. The van der Waals surface area contributed by atoms with E-state index in [0.29, 0.717) is 44.0 Å². The van der Waals surface area contributed by atoms with Crippen molar-refractivity contribution in [3.8, 4) is 0 Å². The molecule has 2 fully saturated rings. The third-order valence-electron chi connectivity index (χ3n) is 6.65. The van der Waals surface area contributed by atoms with Gasteiger partial charge < -0.3 is 19.8 Å². The zero-order valence-electron chi connectivity index (χ0n) is 18.1. The fraction of sp³-hybridized carbons (Fsp3) is 0.435. The van der Waals surface area contributed by atoms with Crippen LogP contribution in [0.1, 0.15) is 24.3 Å². The maximum atomic E-state index is 13.7. The summed E-state index contributed by atoms with van der Waals surface area (Å²) >= 11 is 11.9. The standard InChI is InChI=1S/C23H25Cl2FN4O3/c1-28(23(32)33)20-13-30(12-17(20)15-2-4-19(26)18(25)10-15)22(31)14-6-8-29(9-7-14)21-5-3-16(24)11-27-21/h2-5,10-11,14,17,20H,6-9,12-13H2,1H3,(H,32,33)/t17-,20+/m0/s1. The number of halogens is 3. The molecule has 1 aromatic carbocycles. The summed E-state index contributed by atoms with van der Waals surface area (Å²) in [7, 11) is 1.50. The molecule has 2 amide bonds. The zero-order valence-corrected chi connectivity index (χ0v) is 19.6. The Hall–Kier alpha value is -2.58. The van der Waals surface area contributed by atoms with Crippen LogP contribution < -0.4 is 4.90 Å². The molecule has 0 aliphatic carbocycles. The number of rotatable bonds is 4. The van der Waals surface area contributed by atoms with Crippen molar-refractivity contribution in [2.24, 2.45) is 5.92 Å². The number of anilines is 1. The minimum Gasteiger partial charge on any atom is -0.465 e. The third-order valence-corrected chi connectivity index (χ3v) is 7.16. The van der Waals surface area contributed by atoms with E-state index >= 15 is 0 Å². The Labute approximate surface area is 201 Å². The monoisotopic (exact) mass is 494 g/mol. The van der Waals surface area contributed by atoms with E-state index in [1.54, 1.807) is 23.2 Å². The molecule has 176 valence electrons. The van der Waals surface area contributed by atoms with Gasteiger partial charge in [-0.05, 0) is 42.7 Å². The Kier molecular flexibility index (Phi) is 6.95. The fourth-order valence-electron chi connectivity index (χ4n) is 4.74. The van der Waals surface area contributed by atoms with Crippen LogP contribution in [0.4, 0.5) is 15.0 Å². The van der Waals surface area contributed by atoms with Crippen LogP contribution in [-0.4, -0.2) is 71.2 Å². The normalized spacial score (nSPS) is 21.3. The molecule has 2 saturated heterocycles. The summed E-state index contributed by atoms with van der Waals surface area (Å²) in [5, 5.41) is 10.1. The average molecular weight is 495 g/mol. The minimum absolute atomic E-state index is 0.0165. The molecule has 3 heterocycles. The van der Waals surface area contributed by atoms with Gasteiger partial charge in [0.2, 0.25) is 5.91 Å². The van der Waals surface area contributed by atoms with Crippen LogP contribution in [0, 0.1) is 11.7 Å². The Balaban J connectivity index is 1.46. The highest BCUT2D eigenvalue weighted by atomic mass is 35.5. The number of piperidine rings is 1. The van der Waals surface area contributed by atoms with Crippen molar-refractivity contribution < 1.29 is 19.1 Å². The van der Waals surface area contributed by atoms with Gasteiger partial charge in [0, 0.05) is 51.3 Å². The SMILES string of the molecule is CN(C(=O)O)[C@@H]1CN(C(=O)C2CCN(c3ccc(Cl)cn3)CC2)C[C@H]1c1ccc(F)c(Cl)c1. The Morgan fingerprint density at radius 1 is 1.15 bits per heavy atom. The smallest absolute Gasteiger partial charge is 0.407 e. The van der Waals surface area contributed by atoms with Crippen LogP contribution in [0.5, 0.6) is 0 Å². The number of aromatic nitrogens is 1. The number of hydrogen-bond acceptors (Lipinski definition) is 4. The van der Waals surface area contributed by atoms with Crippen molar-refractivity contribution in [1.29, 1.82) is 0 Å². The Morgan fingerprint density at radius 3 is 2.48 bits per heavy atom. The zero-order chi connectivity index (χ0) is 23.7. The van der Waals surface area contributed by atoms with Crippen LogP contribution in [0.2, 0.25) is 10.0 Å². The summed E-state index contributed by atoms with van der Waals surface area (Å²) in [6.07, 6.45) is 1.91. The second kappa shape index (κ2) is 9.73. The molecule has 33 heavy (non-hydrogen) atoms. The molecule has 10 heteroatoms. The summed E-state index contributed by atoms with van der Waals surface area (Å²) in [4.78, 5) is 34.5. The largest absolute Gasteiger partial charge is 0.465 e. The molecule has 0 radical (unpaired) electrons. The minimum atomic E-state index is -1.07. The van der Waals surface area contributed by atoms with E-state index in [2.05, 4.69) is 9.88 Å². The molecular weight excluding hydrogens is 470 g/mol. The molecule has 2 aliphatic heterocycles. The molecule has 2 aliphatic rings. The highest BCUT2D eigenvalue weighted by Gasteiger charge is 2.42. The van der Waals surface area contributed by atoms with E-state index < -0.39 is 18.0 Å². The van der Waals surface area contributed by atoms with Crippen molar-refractivity contribution >= 4 is 41.0 Å². The number of carboxylic acid groups (broad SMARTS) is 1. The summed E-state index contributed by atoms with van der Waals surface area (Å²) in [5.41, 5.74) is 0.721. The summed E-state index contributed by atoms with van der Waals surface area (Å²) in [6.45, 7) is 2.06. The van der Waals surface area contributed by atoms with Crippen LogP contribution in [0.3, 0.4) is 0 Å². The lowest BCUT2D eigenvalue weighted by molar-refractivity contribution is -0.135. The van der Waals surface area contributed by atoms with Gasteiger partial charge in [-0.15, -0.1) is 0 Å². The molecule has 0 unspecified atom stereocenters. The van der Waals surface area contributed by atoms with Gasteiger partial charge in [-0.1, -0.05) is 29.3 Å². The van der Waals surface area contributed by atoms with E-state index in [-0.39, 0.29) is 22.8 Å². The maximum Gasteiger partial charge on any atom is 0.407 e. The first kappa shape index (κ1) is 23.6. The molecule has 0 saturated carbocycles. The van der Waals surface area contributed by atoms with Gasteiger partial charge in [-0.3, -0.25) is 4.79 Å². The van der Waals surface area contributed by atoms with Gasteiger partial charge in [0.15, 0.2) is 0 Å². The lowest BCUT2D eigenvalue weighted by Crippen LogP contribution is -2.44. The summed E-state index contributed by atoms with van der Waals surface area (Å²) < 4.78 is 13.7. The van der Waals surface area contributed by atoms with Gasteiger partial charge in [0.1, 0.15) is 11.6 Å². The van der Waals surface area contributed by atoms with Crippen molar-refractivity contribution in [3.63, 3.8) is 0 Å². The lowest BCUT2D eigenvalue weighted by atomic mass is 9.93. The van der Waals surface area contributed by atoms with E-state index in [1.165, 1.54) is 24.1 Å². The number of nitrogens with zero attached hydrogens (tertiary/aromatic N) is 4. The van der Waals surface area contributed by atoms with Gasteiger partial charge in [0.25, 0.3) is 0 Å². The quantitative estimate of drug-likeness (QED) is 0.683. The Bertz CT molecular complexity index is 1030. The van der Waals surface area contributed by atoms with Crippen molar-refractivity contribution in [3.05, 3.63) is 58.0 Å². The first-order valence-corrected chi connectivity index (χ1v) is 11.6. The van der Waals surface area contributed by atoms with Crippen molar-refractivity contribution in [2.45, 2.75) is 24.8 Å². The number of hydrogen-bond donors (Lipinski definition) is 1. The molecule has 4 rings (SSSR count). The molecule has 0 spiro atoms. The molecular formula is C23H25Cl2FN4O3. The van der Waals surface area contributed by atoms with Crippen LogP contribution in [0.15, 0.2) is 36.5 Å². The predicted molar refractivity (Wildman–Crippen MR) is 124 cm³/mol. The average Bonchev–Trinajstić information content (AvgIpc) is 3.26.